The molecule has 3 aromatic heterocycles. The third-order valence-corrected chi connectivity index (χ3v) is 5.14. The summed E-state index contributed by atoms with van der Waals surface area (Å²) in [4.78, 5) is 8.74. The van der Waals surface area contributed by atoms with E-state index in [2.05, 4.69) is 36.0 Å². The van der Waals surface area contributed by atoms with Crippen molar-refractivity contribution in [2.45, 2.75) is 31.8 Å². The smallest absolute Gasteiger partial charge is 0.178 e. The van der Waals surface area contributed by atoms with Crippen molar-refractivity contribution in [1.29, 1.82) is 5.26 Å². The zero-order chi connectivity index (χ0) is 16.5. The molecule has 0 aromatic carbocycles. The molecule has 0 aliphatic heterocycles. The average molecular weight is 339 g/mol. The molecule has 0 radical (unpaired) electrons. The molecule has 0 spiro atoms. The molecule has 1 N–H and O–H groups in total. The van der Waals surface area contributed by atoms with Crippen molar-refractivity contribution in [2.24, 2.45) is 5.92 Å². The summed E-state index contributed by atoms with van der Waals surface area (Å²) in [7, 11) is 2.62. The lowest BCUT2D eigenvalue weighted by atomic mass is 10.0. The first-order chi connectivity index (χ1) is 11.8. The Morgan fingerprint density at radius 2 is 2.17 bits per heavy atom. The van der Waals surface area contributed by atoms with Gasteiger partial charge in [-0.15, -0.1) is 0 Å². The third kappa shape index (κ3) is 2.53. The molecule has 3 aromatic rings. The fraction of sp³-hybridized carbons (Fsp3) is 0.375. The molecule has 3 heterocycles. The van der Waals surface area contributed by atoms with E-state index < -0.39 is 0 Å². The van der Waals surface area contributed by atoms with Gasteiger partial charge in [0.05, 0.1) is 11.9 Å². The van der Waals surface area contributed by atoms with Crippen LogP contribution in [0.1, 0.15) is 31.8 Å². The molecule has 122 valence electrons. The number of hydrogen-bond acceptors (Lipinski definition) is 5. The second kappa shape index (κ2) is 6.21. The highest BCUT2D eigenvalue weighted by Gasteiger charge is 2.27. The summed E-state index contributed by atoms with van der Waals surface area (Å²) in [6, 6.07) is 2.00. The molecule has 1 unspecified atom stereocenters. The van der Waals surface area contributed by atoms with Gasteiger partial charge in [-0.3, -0.25) is 0 Å². The second-order valence-electron chi connectivity index (χ2n) is 6.14. The largest absolute Gasteiger partial charge is 0.317 e. The molecular weight excluding hydrogens is 321 g/mol. The quantitative estimate of drug-likeness (QED) is 0.449. The molecule has 7 nitrogen and oxygen atoms in total. The molecule has 0 saturated heterocycles. The van der Waals surface area contributed by atoms with Gasteiger partial charge in [0.2, 0.25) is 0 Å². The average Bonchev–Trinajstić information content (AvgIpc) is 3.34. The standard InChI is InChI=1S/C16H18N7P/c17-9-18-15(11-3-1-2-4-11)22-8-12(7-21-22)14-13-5-6-23(24)16(13)20-10-19-14/h5-8,10-11,15,18H,1-4,24H2/t15-/m1/s1. The van der Waals surface area contributed by atoms with E-state index in [1.165, 1.54) is 12.8 Å². The van der Waals surface area contributed by atoms with E-state index in [0.717, 1.165) is 35.1 Å². The van der Waals surface area contributed by atoms with Gasteiger partial charge < -0.3 is 9.65 Å². The van der Waals surface area contributed by atoms with Crippen LogP contribution in [-0.4, -0.2) is 24.1 Å². The summed E-state index contributed by atoms with van der Waals surface area (Å²) in [5.74, 6) is 0.441. The fourth-order valence-corrected chi connectivity index (χ4v) is 3.84. The zero-order valence-corrected chi connectivity index (χ0v) is 14.3. The van der Waals surface area contributed by atoms with Crippen LogP contribution in [0, 0.1) is 17.4 Å². The summed E-state index contributed by atoms with van der Waals surface area (Å²) in [5, 5.41) is 17.5. The van der Waals surface area contributed by atoms with Gasteiger partial charge in [-0.1, -0.05) is 12.8 Å². The highest BCUT2D eigenvalue weighted by molar-refractivity contribution is 7.14. The number of nitriles is 1. The molecule has 1 aliphatic rings. The first-order valence-electron chi connectivity index (χ1n) is 8.04. The predicted molar refractivity (Wildman–Crippen MR) is 93.6 cm³/mol. The first kappa shape index (κ1) is 15.1. The maximum absolute atomic E-state index is 9.10. The van der Waals surface area contributed by atoms with E-state index in [4.69, 9.17) is 5.26 Å². The summed E-state index contributed by atoms with van der Waals surface area (Å²) in [6.07, 6.45) is 14.0. The van der Waals surface area contributed by atoms with Crippen LogP contribution < -0.4 is 5.32 Å². The molecule has 8 heteroatoms. The third-order valence-electron chi connectivity index (χ3n) is 4.73. The zero-order valence-electron chi connectivity index (χ0n) is 13.1. The van der Waals surface area contributed by atoms with E-state index >= 15 is 0 Å². The predicted octanol–water partition coefficient (Wildman–Crippen LogP) is 2.69. The van der Waals surface area contributed by atoms with Crippen molar-refractivity contribution in [3.8, 4) is 17.5 Å². The van der Waals surface area contributed by atoms with E-state index in [1.807, 2.05) is 33.7 Å². The van der Waals surface area contributed by atoms with Gasteiger partial charge in [0.1, 0.15) is 18.1 Å². The number of nitrogens with zero attached hydrogens (tertiary/aromatic N) is 6. The molecule has 2 atom stereocenters. The minimum absolute atomic E-state index is 0.0880. The van der Waals surface area contributed by atoms with Gasteiger partial charge in [-0.2, -0.15) is 10.4 Å². The van der Waals surface area contributed by atoms with E-state index in [-0.39, 0.29) is 6.17 Å². The summed E-state index contributed by atoms with van der Waals surface area (Å²) < 4.78 is 3.75. The van der Waals surface area contributed by atoms with Gasteiger partial charge in [0.25, 0.3) is 0 Å². The van der Waals surface area contributed by atoms with Crippen LogP contribution in [0.3, 0.4) is 0 Å². The molecule has 1 aliphatic carbocycles. The molecular formula is C16H18N7P. The van der Waals surface area contributed by atoms with Crippen LogP contribution >= 0.6 is 9.39 Å². The molecule has 24 heavy (non-hydrogen) atoms. The number of aromatic nitrogens is 5. The summed E-state index contributed by atoms with van der Waals surface area (Å²) >= 11 is 0. The van der Waals surface area contributed by atoms with E-state index in [9.17, 15) is 0 Å². The SMILES string of the molecule is N#CN[C@@H](C1CCCC1)n1cc(-c2ncnc3c2ccn3P)cn1. The van der Waals surface area contributed by atoms with Crippen LogP contribution in [0.5, 0.6) is 0 Å². The van der Waals surface area contributed by atoms with Gasteiger partial charge >= 0.3 is 0 Å². The van der Waals surface area contributed by atoms with Crippen molar-refractivity contribution in [3.05, 3.63) is 31.0 Å². The monoisotopic (exact) mass is 339 g/mol. The lowest BCUT2D eigenvalue weighted by Gasteiger charge is -2.22. The Bertz CT molecular complexity index is 901. The topological polar surface area (TPSA) is 84.4 Å². The normalized spacial score (nSPS) is 16.3. The summed E-state index contributed by atoms with van der Waals surface area (Å²) in [5.41, 5.74) is 2.65. The lowest BCUT2D eigenvalue weighted by Crippen LogP contribution is -2.29. The Balaban J connectivity index is 1.72. The fourth-order valence-electron chi connectivity index (χ4n) is 3.55. The Hall–Kier alpha value is -2.45. The maximum atomic E-state index is 9.10. The molecule has 1 fully saturated rings. The van der Waals surface area contributed by atoms with E-state index in [1.54, 1.807) is 6.33 Å². The lowest BCUT2D eigenvalue weighted by molar-refractivity contribution is 0.284. The van der Waals surface area contributed by atoms with Crippen LogP contribution in [-0.2, 0) is 0 Å². The number of rotatable bonds is 4. The van der Waals surface area contributed by atoms with Crippen molar-refractivity contribution in [2.75, 3.05) is 0 Å². The maximum Gasteiger partial charge on any atom is 0.178 e. The van der Waals surface area contributed by atoms with Gasteiger partial charge in [-0.05, 0) is 28.3 Å². The highest BCUT2D eigenvalue weighted by Crippen LogP contribution is 2.33. The van der Waals surface area contributed by atoms with Gasteiger partial charge in [0.15, 0.2) is 6.19 Å². The minimum Gasteiger partial charge on any atom is -0.317 e. The molecule has 1 saturated carbocycles. The Morgan fingerprint density at radius 1 is 1.33 bits per heavy atom. The van der Waals surface area contributed by atoms with Gasteiger partial charge in [0, 0.05) is 29.3 Å². The molecule has 0 bridgehead atoms. The van der Waals surface area contributed by atoms with Crippen LogP contribution in [0.2, 0.25) is 0 Å². The number of fused-ring (bicyclic) bond motifs is 1. The second-order valence-corrected chi connectivity index (χ2v) is 6.69. The highest BCUT2D eigenvalue weighted by atomic mass is 31.0. The first-order valence-corrected chi connectivity index (χ1v) is 8.56. The number of nitrogens with one attached hydrogen (secondary N) is 1. The van der Waals surface area contributed by atoms with Crippen molar-refractivity contribution < 1.29 is 0 Å². The number of hydrogen-bond donors (Lipinski definition) is 1. The minimum atomic E-state index is -0.0880. The molecule has 0 amide bonds. The molecule has 4 rings (SSSR count). The Labute approximate surface area is 142 Å². The van der Waals surface area contributed by atoms with E-state index in [0.29, 0.717) is 5.92 Å². The van der Waals surface area contributed by atoms with Crippen LogP contribution in [0.25, 0.3) is 22.3 Å². The summed E-state index contributed by atoms with van der Waals surface area (Å²) in [6.45, 7) is 0. The van der Waals surface area contributed by atoms with Crippen molar-refractivity contribution in [1.82, 2.24) is 29.4 Å². The Kier molecular flexibility index (Phi) is 3.91. The van der Waals surface area contributed by atoms with Crippen LogP contribution in [0.15, 0.2) is 31.0 Å². The Morgan fingerprint density at radius 3 is 2.96 bits per heavy atom. The van der Waals surface area contributed by atoms with Crippen LogP contribution in [0.4, 0.5) is 0 Å². The van der Waals surface area contributed by atoms with Crippen molar-refractivity contribution >= 4 is 20.4 Å². The van der Waals surface area contributed by atoms with Crippen molar-refractivity contribution in [3.63, 3.8) is 0 Å². The van der Waals surface area contributed by atoms with Gasteiger partial charge in [-0.25, -0.2) is 14.6 Å².